The van der Waals surface area contributed by atoms with Crippen LogP contribution in [0.2, 0.25) is 0 Å². The van der Waals surface area contributed by atoms with Gasteiger partial charge in [-0.1, -0.05) is 18.2 Å². The number of aliphatic carboxylic acids is 1. The molecule has 12 heteroatoms. The molecule has 3 rings (SSSR count). The van der Waals surface area contributed by atoms with E-state index in [9.17, 15) is 21.6 Å². The molecule has 1 aromatic heterocycles. The first-order valence-electron chi connectivity index (χ1n) is 8.75. The van der Waals surface area contributed by atoms with Crippen LogP contribution in [0.3, 0.4) is 0 Å². The van der Waals surface area contributed by atoms with Crippen LogP contribution >= 0.6 is 0 Å². The molecule has 0 fully saturated rings. The van der Waals surface area contributed by atoms with E-state index < -0.39 is 22.2 Å². The number of fused-ring (bicyclic) bond motifs is 1. The molecule has 1 N–H and O–H groups in total. The van der Waals surface area contributed by atoms with E-state index in [0.717, 1.165) is 16.8 Å². The second-order valence-corrected chi connectivity index (χ2v) is 8.64. The molecule has 1 aliphatic heterocycles. The smallest absolute Gasteiger partial charge is 0.475 e. The van der Waals surface area contributed by atoms with Crippen molar-refractivity contribution in [2.45, 2.75) is 30.5 Å². The third-order valence-electron chi connectivity index (χ3n) is 4.42. The Morgan fingerprint density at radius 1 is 1.33 bits per heavy atom. The minimum absolute atomic E-state index is 0.0521. The first-order valence-corrected chi connectivity index (χ1v) is 10.2. The lowest BCUT2D eigenvalue weighted by Gasteiger charge is -2.31. The number of hydrogen-bond acceptors (Lipinski definition) is 5. The Morgan fingerprint density at radius 3 is 2.47 bits per heavy atom. The van der Waals surface area contributed by atoms with Gasteiger partial charge < -0.3 is 9.84 Å². The summed E-state index contributed by atoms with van der Waals surface area (Å²) in [5, 5.41) is 11.6. The number of carboxylic acids is 1. The molecule has 8 nitrogen and oxygen atoms in total. The Labute approximate surface area is 171 Å². The number of carboxylic acid groups (broad SMARTS) is 1. The molecule has 0 bridgehead atoms. The van der Waals surface area contributed by atoms with Gasteiger partial charge in [-0.2, -0.15) is 22.6 Å². The number of benzene rings is 1. The molecular weight excluding hydrogens is 427 g/mol. The molecule has 0 saturated heterocycles. The first-order chi connectivity index (χ1) is 13.9. The zero-order chi connectivity index (χ0) is 22.7. The van der Waals surface area contributed by atoms with Crippen molar-refractivity contribution >= 4 is 16.0 Å². The van der Waals surface area contributed by atoms with E-state index in [1.807, 2.05) is 32.3 Å². The zero-order valence-electron chi connectivity index (χ0n) is 16.5. The summed E-state index contributed by atoms with van der Waals surface area (Å²) in [5.74, 6) is -2.81. The third kappa shape index (κ3) is 5.37. The molecule has 0 amide bonds. The van der Waals surface area contributed by atoms with Crippen LogP contribution in [-0.2, 0) is 33.1 Å². The lowest BCUT2D eigenvalue weighted by molar-refractivity contribution is -0.192. The van der Waals surface area contributed by atoms with Gasteiger partial charge in [-0.3, -0.25) is 4.68 Å². The Balaban J connectivity index is 0.000000396. The van der Waals surface area contributed by atoms with Crippen LogP contribution in [0.1, 0.15) is 22.7 Å². The predicted molar refractivity (Wildman–Crippen MR) is 100 cm³/mol. The van der Waals surface area contributed by atoms with E-state index in [4.69, 9.17) is 14.6 Å². The molecule has 2 aromatic rings. The normalized spacial score (nSPS) is 17.1. The SMILES string of the molecule is COCC1CN(S(=O)(=O)c2ccccc2C)Cc2cn(C)nc21.O=C(O)C(F)(F)F. The maximum atomic E-state index is 13.0. The Kier molecular flexibility index (Phi) is 7.27. The van der Waals surface area contributed by atoms with Gasteiger partial charge in [0.15, 0.2) is 0 Å². The molecule has 2 heterocycles. The molecule has 0 spiro atoms. The number of aryl methyl sites for hydroxylation is 2. The summed E-state index contributed by atoms with van der Waals surface area (Å²) in [7, 11) is -0.0647. The van der Waals surface area contributed by atoms with Gasteiger partial charge in [0, 0.05) is 44.9 Å². The molecule has 1 aromatic carbocycles. The van der Waals surface area contributed by atoms with Crippen molar-refractivity contribution < 1.29 is 36.2 Å². The van der Waals surface area contributed by atoms with Gasteiger partial charge in [0.1, 0.15) is 0 Å². The van der Waals surface area contributed by atoms with Crippen LogP contribution in [0.15, 0.2) is 35.4 Å². The van der Waals surface area contributed by atoms with Crippen LogP contribution in [0.4, 0.5) is 13.2 Å². The maximum absolute atomic E-state index is 13.0. The highest BCUT2D eigenvalue weighted by atomic mass is 32.2. The summed E-state index contributed by atoms with van der Waals surface area (Å²) in [6, 6.07) is 7.08. The lowest BCUT2D eigenvalue weighted by atomic mass is 9.99. The number of alkyl halides is 3. The number of hydrogen-bond donors (Lipinski definition) is 1. The van der Waals surface area contributed by atoms with Crippen LogP contribution in [0, 0.1) is 6.92 Å². The molecule has 1 aliphatic rings. The van der Waals surface area contributed by atoms with Gasteiger partial charge in [0.2, 0.25) is 10.0 Å². The van der Waals surface area contributed by atoms with Gasteiger partial charge in [-0.05, 0) is 18.6 Å². The van der Waals surface area contributed by atoms with Crippen LogP contribution < -0.4 is 0 Å². The molecule has 1 atom stereocenters. The molecule has 1 unspecified atom stereocenters. The fourth-order valence-electron chi connectivity index (χ4n) is 3.11. The van der Waals surface area contributed by atoms with Gasteiger partial charge in [0.25, 0.3) is 0 Å². The van der Waals surface area contributed by atoms with Crippen molar-refractivity contribution in [3.8, 4) is 0 Å². The van der Waals surface area contributed by atoms with Crippen molar-refractivity contribution in [2.24, 2.45) is 7.05 Å². The topological polar surface area (TPSA) is 102 Å². The fraction of sp³-hybridized carbons (Fsp3) is 0.444. The second-order valence-electron chi connectivity index (χ2n) is 6.73. The van der Waals surface area contributed by atoms with E-state index in [1.54, 1.807) is 23.9 Å². The quantitative estimate of drug-likeness (QED) is 0.769. The minimum atomic E-state index is -5.08. The van der Waals surface area contributed by atoms with Crippen molar-refractivity contribution in [3.63, 3.8) is 0 Å². The van der Waals surface area contributed by atoms with Crippen molar-refractivity contribution in [2.75, 3.05) is 20.3 Å². The first kappa shape index (κ1) is 23.8. The summed E-state index contributed by atoms with van der Waals surface area (Å²) >= 11 is 0. The number of carbonyl (C=O) groups is 1. The lowest BCUT2D eigenvalue weighted by Crippen LogP contribution is -2.39. The summed E-state index contributed by atoms with van der Waals surface area (Å²) in [5.41, 5.74) is 2.64. The number of ether oxygens (including phenoxy) is 1. The highest BCUT2D eigenvalue weighted by Crippen LogP contribution is 2.31. The maximum Gasteiger partial charge on any atom is 0.490 e. The zero-order valence-corrected chi connectivity index (χ0v) is 17.4. The summed E-state index contributed by atoms with van der Waals surface area (Å²) in [6.45, 7) is 3.00. The second kappa shape index (κ2) is 9.14. The van der Waals surface area contributed by atoms with E-state index in [0.29, 0.717) is 24.6 Å². The van der Waals surface area contributed by atoms with Gasteiger partial charge >= 0.3 is 12.1 Å². The third-order valence-corrected chi connectivity index (χ3v) is 6.39. The van der Waals surface area contributed by atoms with Gasteiger partial charge in [-0.15, -0.1) is 0 Å². The number of methoxy groups -OCH3 is 1. The number of halogens is 3. The van der Waals surface area contributed by atoms with Crippen molar-refractivity contribution in [1.82, 2.24) is 14.1 Å². The minimum Gasteiger partial charge on any atom is -0.475 e. The number of sulfonamides is 1. The summed E-state index contributed by atoms with van der Waals surface area (Å²) < 4.78 is 66.3. The molecule has 0 radical (unpaired) electrons. The van der Waals surface area contributed by atoms with E-state index >= 15 is 0 Å². The molecule has 30 heavy (non-hydrogen) atoms. The average molecular weight is 449 g/mol. The molecule has 166 valence electrons. The van der Waals surface area contributed by atoms with Crippen LogP contribution in [0.25, 0.3) is 0 Å². The predicted octanol–water partition coefficient (Wildman–Crippen LogP) is 2.30. The molecule has 0 aliphatic carbocycles. The van der Waals surface area contributed by atoms with E-state index in [-0.39, 0.29) is 5.92 Å². The summed E-state index contributed by atoms with van der Waals surface area (Å²) in [6.07, 6.45) is -3.20. The number of nitrogens with zero attached hydrogens (tertiary/aromatic N) is 3. The Bertz CT molecular complexity index is 1000. The standard InChI is InChI=1S/C16H21N3O3S.C2HF3O2/c1-12-6-4-5-7-15(12)23(20,21)19-9-13-8-18(2)17-16(13)14(10-19)11-22-3;3-2(4,5)1(6)7/h4-8,14H,9-11H2,1-3H3;(H,6,7). The fourth-order valence-corrected chi connectivity index (χ4v) is 4.80. The largest absolute Gasteiger partial charge is 0.490 e. The number of rotatable bonds is 4. The van der Waals surface area contributed by atoms with E-state index in [2.05, 4.69) is 5.10 Å². The van der Waals surface area contributed by atoms with Crippen molar-refractivity contribution in [1.29, 1.82) is 0 Å². The van der Waals surface area contributed by atoms with E-state index in [1.165, 1.54) is 4.31 Å². The van der Waals surface area contributed by atoms with Crippen LogP contribution in [0.5, 0.6) is 0 Å². The number of aromatic nitrogens is 2. The van der Waals surface area contributed by atoms with Gasteiger partial charge in [-0.25, -0.2) is 13.2 Å². The average Bonchev–Trinajstić information content (AvgIpc) is 3.02. The highest BCUT2D eigenvalue weighted by Gasteiger charge is 2.38. The van der Waals surface area contributed by atoms with Gasteiger partial charge in [0.05, 0.1) is 17.2 Å². The monoisotopic (exact) mass is 449 g/mol. The Hall–Kier alpha value is -2.44. The molecule has 0 saturated carbocycles. The Morgan fingerprint density at radius 2 is 1.93 bits per heavy atom. The van der Waals surface area contributed by atoms with Crippen molar-refractivity contribution in [3.05, 3.63) is 47.3 Å². The highest BCUT2D eigenvalue weighted by molar-refractivity contribution is 7.89. The summed E-state index contributed by atoms with van der Waals surface area (Å²) in [4.78, 5) is 9.26. The van der Waals surface area contributed by atoms with Crippen LogP contribution in [-0.4, -0.2) is 60.0 Å². The molecular formula is C18H22F3N3O5S.